The zero-order valence-electron chi connectivity index (χ0n) is 13.4. The molecule has 2 atom stereocenters. The number of rotatable bonds is 2. The Morgan fingerprint density at radius 1 is 1.32 bits per heavy atom. The van der Waals surface area contributed by atoms with Crippen molar-refractivity contribution >= 4 is 29.1 Å². The van der Waals surface area contributed by atoms with Crippen molar-refractivity contribution < 1.29 is 14.3 Å². The molecule has 130 valence electrons. The van der Waals surface area contributed by atoms with Crippen molar-refractivity contribution in [2.75, 3.05) is 0 Å². The third-order valence-electron chi connectivity index (χ3n) is 4.12. The number of carbonyl (C=O) groups excluding carboxylic acids is 1. The average molecular weight is 378 g/mol. The van der Waals surface area contributed by atoms with E-state index in [1.165, 1.54) is 12.1 Å². The predicted molar refractivity (Wildman–Crippen MR) is 96.7 cm³/mol. The molecule has 2 N–H and O–H groups in total. The maximum Gasteiger partial charge on any atom is 0.287 e. The first kappa shape index (κ1) is 17.9. The lowest BCUT2D eigenvalue weighted by atomic mass is 9.82. The van der Waals surface area contributed by atoms with Crippen LogP contribution in [-0.4, -0.2) is 22.7 Å². The van der Waals surface area contributed by atoms with Gasteiger partial charge in [-0.25, -0.2) is 0 Å². The van der Waals surface area contributed by atoms with Crippen LogP contribution < -0.4 is 5.32 Å². The van der Waals surface area contributed by atoms with E-state index in [4.69, 9.17) is 27.6 Å². The quantitative estimate of drug-likeness (QED) is 0.776. The number of furan rings is 1. The molecule has 1 aliphatic rings. The van der Waals surface area contributed by atoms with Gasteiger partial charge in [0, 0.05) is 23.0 Å². The minimum absolute atomic E-state index is 0.157. The molecule has 1 saturated carbocycles. The van der Waals surface area contributed by atoms with Crippen molar-refractivity contribution in [3.63, 3.8) is 0 Å². The van der Waals surface area contributed by atoms with E-state index < -0.39 is 5.60 Å². The second-order valence-electron chi connectivity index (χ2n) is 6.16. The van der Waals surface area contributed by atoms with E-state index in [1.54, 1.807) is 12.1 Å². The summed E-state index contributed by atoms with van der Waals surface area (Å²) in [7, 11) is 0. The van der Waals surface area contributed by atoms with Gasteiger partial charge in [0.1, 0.15) is 5.60 Å². The lowest BCUT2D eigenvalue weighted by Gasteiger charge is -2.33. The van der Waals surface area contributed by atoms with E-state index in [-0.39, 0.29) is 22.9 Å². The molecule has 1 aromatic carbocycles. The number of benzene rings is 1. The largest absolute Gasteiger partial charge is 0.440 e. The summed E-state index contributed by atoms with van der Waals surface area (Å²) in [5.74, 6) is 5.72. The van der Waals surface area contributed by atoms with Gasteiger partial charge in [0.15, 0.2) is 11.0 Å². The monoisotopic (exact) mass is 377 g/mol. The fourth-order valence-electron chi connectivity index (χ4n) is 2.94. The number of halogens is 2. The summed E-state index contributed by atoms with van der Waals surface area (Å²) in [5, 5.41) is 14.4. The van der Waals surface area contributed by atoms with Crippen LogP contribution in [0.3, 0.4) is 0 Å². The van der Waals surface area contributed by atoms with Crippen LogP contribution in [0.2, 0.25) is 10.2 Å². The number of aliphatic hydroxyl groups is 1. The van der Waals surface area contributed by atoms with E-state index in [2.05, 4.69) is 17.2 Å². The summed E-state index contributed by atoms with van der Waals surface area (Å²) >= 11 is 11.6. The number of amides is 1. The standard InChI is InChI=1S/C19H17Cl2NO3/c20-14-4-1-3-13(11-14)8-10-19(24)9-2-5-15(12-19)22-18(23)16-6-7-17(21)25-16/h1,3-4,6-7,11,15,24H,2,5,9,12H2,(H,22,23). The molecule has 1 fully saturated rings. The van der Waals surface area contributed by atoms with Crippen LogP contribution in [0.15, 0.2) is 40.8 Å². The maximum atomic E-state index is 12.2. The topological polar surface area (TPSA) is 62.5 Å². The molecule has 1 heterocycles. The molecular formula is C19H17Cl2NO3. The zero-order valence-corrected chi connectivity index (χ0v) is 14.9. The Labute approximate surface area is 156 Å². The van der Waals surface area contributed by atoms with Crippen molar-refractivity contribution in [3.05, 3.63) is 58.0 Å². The van der Waals surface area contributed by atoms with Gasteiger partial charge in [-0.3, -0.25) is 4.79 Å². The van der Waals surface area contributed by atoms with E-state index >= 15 is 0 Å². The SMILES string of the molecule is O=C(NC1CCCC(O)(C#Cc2cccc(Cl)c2)C1)c1ccc(Cl)o1. The van der Waals surface area contributed by atoms with Crippen LogP contribution >= 0.6 is 23.2 Å². The van der Waals surface area contributed by atoms with E-state index in [1.807, 2.05) is 12.1 Å². The van der Waals surface area contributed by atoms with Gasteiger partial charge in [0.25, 0.3) is 5.91 Å². The summed E-state index contributed by atoms with van der Waals surface area (Å²) in [5.41, 5.74) is -0.392. The Hall–Kier alpha value is -1.93. The van der Waals surface area contributed by atoms with Crippen molar-refractivity contribution in [1.82, 2.24) is 5.32 Å². The van der Waals surface area contributed by atoms with Gasteiger partial charge < -0.3 is 14.8 Å². The van der Waals surface area contributed by atoms with Crippen LogP contribution in [0.1, 0.15) is 41.8 Å². The van der Waals surface area contributed by atoms with Crippen molar-refractivity contribution in [2.45, 2.75) is 37.3 Å². The minimum Gasteiger partial charge on any atom is -0.440 e. The van der Waals surface area contributed by atoms with E-state index in [9.17, 15) is 9.90 Å². The summed E-state index contributed by atoms with van der Waals surface area (Å²) in [6.07, 6.45) is 2.48. The lowest BCUT2D eigenvalue weighted by Crippen LogP contribution is -2.45. The smallest absolute Gasteiger partial charge is 0.287 e. The van der Waals surface area contributed by atoms with Crippen LogP contribution in [0.25, 0.3) is 0 Å². The molecule has 0 aliphatic heterocycles. The summed E-state index contributed by atoms with van der Waals surface area (Å²) in [6, 6.07) is 10.0. The van der Waals surface area contributed by atoms with E-state index in [0.29, 0.717) is 17.9 Å². The molecule has 6 heteroatoms. The van der Waals surface area contributed by atoms with Crippen molar-refractivity contribution in [2.24, 2.45) is 0 Å². The molecule has 25 heavy (non-hydrogen) atoms. The third kappa shape index (κ3) is 4.79. The first-order valence-corrected chi connectivity index (χ1v) is 8.76. The molecule has 0 saturated heterocycles. The van der Waals surface area contributed by atoms with E-state index in [0.717, 1.165) is 18.4 Å². The lowest BCUT2D eigenvalue weighted by molar-refractivity contribution is 0.0448. The van der Waals surface area contributed by atoms with Gasteiger partial charge in [0.05, 0.1) is 0 Å². The highest BCUT2D eigenvalue weighted by Crippen LogP contribution is 2.28. The number of hydrogen-bond acceptors (Lipinski definition) is 3. The Balaban J connectivity index is 1.67. The van der Waals surface area contributed by atoms with Crippen LogP contribution in [0.4, 0.5) is 0 Å². The van der Waals surface area contributed by atoms with Crippen LogP contribution in [0.5, 0.6) is 0 Å². The molecule has 1 aliphatic carbocycles. The summed E-state index contributed by atoms with van der Waals surface area (Å²) in [4.78, 5) is 12.2. The molecule has 2 aromatic rings. The first-order chi connectivity index (χ1) is 11.9. The second-order valence-corrected chi connectivity index (χ2v) is 6.97. The third-order valence-corrected chi connectivity index (χ3v) is 4.56. The average Bonchev–Trinajstić information content (AvgIpc) is 3.00. The Morgan fingerprint density at radius 2 is 2.16 bits per heavy atom. The molecule has 0 radical (unpaired) electrons. The maximum absolute atomic E-state index is 12.2. The summed E-state index contributed by atoms with van der Waals surface area (Å²) in [6.45, 7) is 0. The van der Waals surface area contributed by atoms with Crippen molar-refractivity contribution in [3.8, 4) is 11.8 Å². The highest BCUT2D eigenvalue weighted by atomic mass is 35.5. The fraction of sp³-hybridized carbons (Fsp3) is 0.316. The van der Waals surface area contributed by atoms with Gasteiger partial charge in [-0.05, 0) is 61.2 Å². The van der Waals surface area contributed by atoms with Gasteiger partial charge in [-0.2, -0.15) is 0 Å². The number of nitrogens with one attached hydrogen (secondary N) is 1. The fourth-order valence-corrected chi connectivity index (χ4v) is 3.27. The molecule has 0 spiro atoms. The Morgan fingerprint density at radius 3 is 2.88 bits per heavy atom. The molecule has 3 rings (SSSR count). The summed E-state index contributed by atoms with van der Waals surface area (Å²) < 4.78 is 5.11. The molecule has 2 unspecified atom stereocenters. The molecular weight excluding hydrogens is 361 g/mol. The number of hydrogen-bond donors (Lipinski definition) is 2. The Bertz CT molecular complexity index is 836. The Kier molecular flexibility index (Phi) is 5.39. The van der Waals surface area contributed by atoms with Gasteiger partial charge in [0.2, 0.25) is 0 Å². The molecule has 1 amide bonds. The number of carbonyl (C=O) groups is 1. The molecule has 4 nitrogen and oxygen atoms in total. The van der Waals surface area contributed by atoms with Gasteiger partial charge in [-0.15, -0.1) is 0 Å². The second kappa shape index (κ2) is 7.53. The van der Waals surface area contributed by atoms with Crippen molar-refractivity contribution in [1.29, 1.82) is 0 Å². The highest BCUT2D eigenvalue weighted by Gasteiger charge is 2.34. The first-order valence-electron chi connectivity index (χ1n) is 8.01. The van der Waals surface area contributed by atoms with Gasteiger partial charge in [-0.1, -0.05) is 29.5 Å². The molecule has 0 bridgehead atoms. The van der Waals surface area contributed by atoms with Crippen LogP contribution in [-0.2, 0) is 0 Å². The molecule has 1 aromatic heterocycles. The minimum atomic E-state index is -1.14. The highest BCUT2D eigenvalue weighted by molar-refractivity contribution is 6.30. The predicted octanol–water partition coefficient (Wildman–Crippen LogP) is 4.04. The normalized spacial score (nSPS) is 22.8. The van der Waals surface area contributed by atoms with Gasteiger partial charge >= 0.3 is 0 Å². The van der Waals surface area contributed by atoms with Crippen LogP contribution in [0, 0.1) is 11.8 Å². The zero-order chi connectivity index (χ0) is 17.9.